The van der Waals surface area contributed by atoms with Gasteiger partial charge in [0.2, 0.25) is 5.91 Å². The van der Waals surface area contributed by atoms with Gasteiger partial charge >= 0.3 is 0 Å². The maximum atomic E-state index is 13.2. The molecule has 6 heteroatoms. The molecule has 0 unspecified atom stereocenters. The van der Waals surface area contributed by atoms with Crippen molar-refractivity contribution in [3.63, 3.8) is 0 Å². The Labute approximate surface area is 131 Å². The molecular formula is C15H24ClFN2O2. The summed E-state index contributed by atoms with van der Waals surface area (Å²) in [5.41, 5.74) is 0. The molecule has 1 aromatic rings. The van der Waals surface area contributed by atoms with Gasteiger partial charge in [0.1, 0.15) is 0 Å². The second-order valence-corrected chi connectivity index (χ2v) is 4.65. The highest BCUT2D eigenvalue weighted by Gasteiger charge is 2.05. The van der Waals surface area contributed by atoms with Crippen LogP contribution in [0.25, 0.3) is 0 Å². The van der Waals surface area contributed by atoms with E-state index in [4.69, 9.17) is 4.74 Å². The van der Waals surface area contributed by atoms with E-state index >= 15 is 0 Å². The van der Waals surface area contributed by atoms with E-state index in [-0.39, 0.29) is 35.9 Å². The number of ether oxygens (including phenoxy) is 1. The molecule has 0 heterocycles. The lowest BCUT2D eigenvalue weighted by molar-refractivity contribution is -0.121. The number of nitrogens with one attached hydrogen (secondary N) is 2. The number of amides is 1. The predicted molar refractivity (Wildman–Crippen MR) is 84.5 cm³/mol. The summed E-state index contributed by atoms with van der Waals surface area (Å²) >= 11 is 0. The Balaban J connectivity index is 0.00000400. The summed E-state index contributed by atoms with van der Waals surface area (Å²) in [6.07, 6.45) is 0.947. The van der Waals surface area contributed by atoms with E-state index in [1.807, 2.05) is 13.8 Å². The summed E-state index contributed by atoms with van der Waals surface area (Å²) in [7, 11) is 0. The molecule has 0 aliphatic rings. The van der Waals surface area contributed by atoms with Crippen LogP contribution in [0.2, 0.25) is 0 Å². The third kappa shape index (κ3) is 8.52. The summed E-state index contributed by atoms with van der Waals surface area (Å²) in [5.74, 6) is -0.156. The fraction of sp³-hybridized carbons (Fsp3) is 0.533. The molecule has 1 amide bonds. The Hall–Kier alpha value is -1.33. The minimum atomic E-state index is -0.378. The van der Waals surface area contributed by atoms with Gasteiger partial charge < -0.3 is 15.4 Å². The van der Waals surface area contributed by atoms with Crippen molar-refractivity contribution in [1.82, 2.24) is 10.6 Å². The number of carbonyl (C=O) groups excluding carboxylic acids is 1. The van der Waals surface area contributed by atoms with Crippen molar-refractivity contribution in [2.45, 2.75) is 32.7 Å². The maximum absolute atomic E-state index is 13.2. The molecule has 1 atom stereocenters. The van der Waals surface area contributed by atoms with Crippen LogP contribution in [0.5, 0.6) is 5.75 Å². The number of hydrogen-bond acceptors (Lipinski definition) is 3. The van der Waals surface area contributed by atoms with Gasteiger partial charge in [-0.1, -0.05) is 19.1 Å². The van der Waals surface area contributed by atoms with Crippen LogP contribution < -0.4 is 15.4 Å². The highest BCUT2D eigenvalue weighted by molar-refractivity contribution is 5.85. The minimum absolute atomic E-state index is 0. The van der Waals surface area contributed by atoms with Crippen molar-refractivity contribution >= 4 is 18.3 Å². The molecule has 0 bridgehead atoms. The van der Waals surface area contributed by atoms with E-state index in [2.05, 4.69) is 10.6 Å². The van der Waals surface area contributed by atoms with Gasteiger partial charge in [-0.15, -0.1) is 12.4 Å². The minimum Gasteiger partial charge on any atom is -0.491 e. The molecule has 0 fully saturated rings. The van der Waals surface area contributed by atoms with Crippen molar-refractivity contribution in [1.29, 1.82) is 0 Å². The molecule has 21 heavy (non-hydrogen) atoms. The van der Waals surface area contributed by atoms with E-state index in [1.54, 1.807) is 18.2 Å². The van der Waals surface area contributed by atoms with E-state index in [0.29, 0.717) is 26.0 Å². The number of hydrogen-bond donors (Lipinski definition) is 2. The van der Waals surface area contributed by atoms with Crippen molar-refractivity contribution < 1.29 is 13.9 Å². The fourth-order valence-electron chi connectivity index (χ4n) is 1.75. The molecule has 4 nitrogen and oxygen atoms in total. The Morgan fingerprint density at radius 1 is 1.38 bits per heavy atom. The van der Waals surface area contributed by atoms with Crippen molar-refractivity contribution in [3.8, 4) is 5.75 Å². The summed E-state index contributed by atoms with van der Waals surface area (Å²) in [6, 6.07) is 6.52. The summed E-state index contributed by atoms with van der Waals surface area (Å²) in [6.45, 7) is 5.87. The number of para-hydroxylation sites is 1. The van der Waals surface area contributed by atoms with Crippen LogP contribution in [0.3, 0.4) is 0 Å². The average molecular weight is 319 g/mol. The van der Waals surface area contributed by atoms with Gasteiger partial charge in [0.15, 0.2) is 11.6 Å². The van der Waals surface area contributed by atoms with Gasteiger partial charge in [0.05, 0.1) is 6.61 Å². The van der Waals surface area contributed by atoms with Crippen molar-refractivity contribution in [3.05, 3.63) is 30.1 Å². The maximum Gasteiger partial charge on any atom is 0.220 e. The predicted octanol–water partition coefficient (Wildman–Crippen LogP) is 2.52. The van der Waals surface area contributed by atoms with E-state index < -0.39 is 0 Å². The van der Waals surface area contributed by atoms with Gasteiger partial charge in [0, 0.05) is 19.0 Å². The smallest absolute Gasteiger partial charge is 0.220 e. The molecular weight excluding hydrogens is 295 g/mol. The Kier molecular flexibility index (Phi) is 10.6. The standard InChI is InChI=1S/C15H23FN2O2.ClH/c1-3-17-12(2)11-18-15(19)9-6-10-20-14-8-5-4-7-13(14)16;/h4-5,7-8,12,17H,3,6,9-11H2,1-2H3,(H,18,19);1H/t12-;/m1./s1. The topological polar surface area (TPSA) is 50.4 Å². The largest absolute Gasteiger partial charge is 0.491 e. The van der Waals surface area contributed by atoms with Gasteiger partial charge in [-0.3, -0.25) is 4.79 Å². The van der Waals surface area contributed by atoms with E-state index in [1.165, 1.54) is 6.07 Å². The Bertz CT molecular complexity index is 418. The highest BCUT2D eigenvalue weighted by Crippen LogP contribution is 2.15. The van der Waals surface area contributed by atoms with Crippen LogP contribution in [-0.2, 0) is 4.79 Å². The first-order valence-electron chi connectivity index (χ1n) is 7.01. The van der Waals surface area contributed by atoms with Crippen LogP contribution in [0, 0.1) is 5.82 Å². The lowest BCUT2D eigenvalue weighted by Crippen LogP contribution is -2.38. The van der Waals surface area contributed by atoms with Crippen LogP contribution in [0.4, 0.5) is 4.39 Å². The average Bonchev–Trinajstić information content (AvgIpc) is 2.43. The normalized spacial score (nSPS) is 11.4. The van der Waals surface area contributed by atoms with Gasteiger partial charge in [0.25, 0.3) is 0 Å². The molecule has 0 saturated heterocycles. The van der Waals surface area contributed by atoms with E-state index in [9.17, 15) is 9.18 Å². The second kappa shape index (κ2) is 11.3. The van der Waals surface area contributed by atoms with Crippen LogP contribution in [-0.4, -0.2) is 31.6 Å². The molecule has 1 rings (SSSR count). The second-order valence-electron chi connectivity index (χ2n) is 4.65. The quantitative estimate of drug-likeness (QED) is 0.688. The van der Waals surface area contributed by atoms with Gasteiger partial charge in [-0.25, -0.2) is 4.39 Å². The highest BCUT2D eigenvalue weighted by atomic mass is 35.5. The molecule has 0 radical (unpaired) electrons. The van der Waals surface area contributed by atoms with Crippen LogP contribution in [0.15, 0.2) is 24.3 Å². The van der Waals surface area contributed by atoms with E-state index in [0.717, 1.165) is 6.54 Å². The van der Waals surface area contributed by atoms with Gasteiger partial charge in [-0.05, 0) is 32.0 Å². The van der Waals surface area contributed by atoms with Crippen LogP contribution >= 0.6 is 12.4 Å². The molecule has 0 aliphatic carbocycles. The molecule has 1 aromatic carbocycles. The first-order valence-corrected chi connectivity index (χ1v) is 7.01. The number of likely N-dealkylation sites (N-methyl/N-ethyl adjacent to an activating group) is 1. The zero-order valence-corrected chi connectivity index (χ0v) is 13.3. The number of halogens is 2. The SMILES string of the molecule is CCN[C@H](C)CNC(=O)CCCOc1ccccc1F.Cl. The van der Waals surface area contributed by atoms with Crippen molar-refractivity contribution in [2.24, 2.45) is 0 Å². The zero-order valence-electron chi connectivity index (χ0n) is 12.5. The molecule has 0 aliphatic heterocycles. The first kappa shape index (κ1) is 19.7. The molecule has 0 aromatic heterocycles. The number of benzene rings is 1. The third-order valence-electron chi connectivity index (χ3n) is 2.80. The summed E-state index contributed by atoms with van der Waals surface area (Å²) in [5, 5.41) is 6.06. The Morgan fingerprint density at radius 3 is 2.76 bits per heavy atom. The van der Waals surface area contributed by atoms with Crippen LogP contribution in [0.1, 0.15) is 26.7 Å². The molecule has 120 valence electrons. The number of rotatable bonds is 9. The Morgan fingerprint density at radius 2 is 2.10 bits per heavy atom. The molecule has 2 N–H and O–H groups in total. The lowest BCUT2D eigenvalue weighted by atomic mass is 10.3. The monoisotopic (exact) mass is 318 g/mol. The zero-order chi connectivity index (χ0) is 14.8. The first-order chi connectivity index (χ1) is 9.63. The number of carbonyl (C=O) groups is 1. The molecule has 0 spiro atoms. The van der Waals surface area contributed by atoms with Crippen molar-refractivity contribution in [2.75, 3.05) is 19.7 Å². The molecule has 0 saturated carbocycles. The summed E-state index contributed by atoms with van der Waals surface area (Å²) in [4.78, 5) is 11.6. The summed E-state index contributed by atoms with van der Waals surface area (Å²) < 4.78 is 18.5. The lowest BCUT2D eigenvalue weighted by Gasteiger charge is -2.13. The van der Waals surface area contributed by atoms with Gasteiger partial charge in [-0.2, -0.15) is 0 Å². The third-order valence-corrected chi connectivity index (χ3v) is 2.80. The fourth-order valence-corrected chi connectivity index (χ4v) is 1.75.